The second-order valence-electron chi connectivity index (χ2n) is 5.76. The molecule has 4 nitrogen and oxygen atoms in total. The number of fused-ring (bicyclic) bond motifs is 1. The molecule has 0 bridgehead atoms. The largest absolute Gasteiger partial charge is 0.469 e. The number of nitrogens with zero attached hydrogens (tertiary/aromatic N) is 2. The lowest BCUT2D eigenvalue weighted by Gasteiger charge is -2.25. The van der Waals surface area contributed by atoms with Crippen LogP contribution in [0.5, 0.6) is 0 Å². The number of carbonyl (C=O) groups is 1. The standard InChI is InChI=1S/C15H20N2O2/c1-19-14(18)15-6-2-3-13(15)10-17(11-15)9-12-4-7-16-8-5-12/h4-5,7-8,13H,2-3,6,9-11H2,1H3/t13-,15-/m1/s1. The maximum Gasteiger partial charge on any atom is 0.313 e. The summed E-state index contributed by atoms with van der Waals surface area (Å²) in [5.74, 6) is 0.467. The summed E-state index contributed by atoms with van der Waals surface area (Å²) >= 11 is 0. The molecule has 2 aliphatic rings. The van der Waals surface area contributed by atoms with Crippen LogP contribution in [0.1, 0.15) is 24.8 Å². The second kappa shape index (κ2) is 4.93. The Morgan fingerprint density at radius 2 is 2.32 bits per heavy atom. The first kappa shape index (κ1) is 12.6. The van der Waals surface area contributed by atoms with Crippen LogP contribution in [0.15, 0.2) is 24.5 Å². The molecule has 0 aromatic carbocycles. The average Bonchev–Trinajstić information content (AvgIpc) is 2.96. The van der Waals surface area contributed by atoms with Gasteiger partial charge < -0.3 is 4.74 Å². The van der Waals surface area contributed by atoms with Crippen LogP contribution in [-0.2, 0) is 16.1 Å². The molecule has 0 unspecified atom stereocenters. The van der Waals surface area contributed by atoms with Crippen molar-refractivity contribution in [3.8, 4) is 0 Å². The highest BCUT2D eigenvalue weighted by Crippen LogP contribution is 2.49. The van der Waals surface area contributed by atoms with Gasteiger partial charge in [0.05, 0.1) is 12.5 Å². The number of likely N-dealkylation sites (tertiary alicyclic amines) is 1. The first-order chi connectivity index (χ1) is 9.24. The Morgan fingerprint density at radius 3 is 3.05 bits per heavy atom. The molecule has 19 heavy (non-hydrogen) atoms. The van der Waals surface area contributed by atoms with E-state index < -0.39 is 0 Å². The molecular weight excluding hydrogens is 240 g/mol. The van der Waals surface area contributed by atoms with Crippen LogP contribution < -0.4 is 0 Å². The molecule has 3 rings (SSSR count). The zero-order chi connectivity index (χ0) is 13.3. The van der Waals surface area contributed by atoms with Crippen molar-refractivity contribution < 1.29 is 9.53 Å². The van der Waals surface area contributed by atoms with Crippen molar-refractivity contribution in [3.05, 3.63) is 30.1 Å². The first-order valence-corrected chi connectivity index (χ1v) is 6.94. The minimum Gasteiger partial charge on any atom is -0.469 e. The average molecular weight is 260 g/mol. The monoisotopic (exact) mass is 260 g/mol. The van der Waals surface area contributed by atoms with Gasteiger partial charge >= 0.3 is 5.97 Å². The predicted octanol–water partition coefficient (Wildman–Crippen LogP) is 1.86. The number of carbonyl (C=O) groups excluding carboxylic acids is 1. The summed E-state index contributed by atoms with van der Waals surface area (Å²) in [6.07, 6.45) is 6.94. The number of hydrogen-bond donors (Lipinski definition) is 0. The lowest BCUT2D eigenvalue weighted by atomic mass is 9.81. The van der Waals surface area contributed by atoms with Crippen LogP contribution in [-0.4, -0.2) is 36.1 Å². The van der Waals surface area contributed by atoms with E-state index in [0.717, 1.165) is 38.9 Å². The van der Waals surface area contributed by atoms with Crippen molar-refractivity contribution in [3.63, 3.8) is 0 Å². The molecule has 0 radical (unpaired) electrons. The molecule has 2 fully saturated rings. The lowest BCUT2D eigenvalue weighted by Crippen LogP contribution is -2.36. The number of aromatic nitrogens is 1. The van der Waals surface area contributed by atoms with Crippen LogP contribution in [0.2, 0.25) is 0 Å². The summed E-state index contributed by atoms with van der Waals surface area (Å²) in [7, 11) is 1.51. The van der Waals surface area contributed by atoms with Gasteiger partial charge in [0.1, 0.15) is 0 Å². The maximum absolute atomic E-state index is 12.2. The number of hydrogen-bond acceptors (Lipinski definition) is 4. The quantitative estimate of drug-likeness (QED) is 0.778. The van der Waals surface area contributed by atoms with Gasteiger partial charge in [-0.25, -0.2) is 0 Å². The third-order valence-electron chi connectivity index (χ3n) is 4.69. The Bertz CT molecular complexity index is 462. The summed E-state index contributed by atoms with van der Waals surface area (Å²) < 4.78 is 5.06. The molecule has 1 aliphatic carbocycles. The molecule has 102 valence electrons. The molecule has 1 aromatic heterocycles. The molecular formula is C15H20N2O2. The van der Waals surface area contributed by atoms with Crippen LogP contribution in [0.4, 0.5) is 0 Å². The summed E-state index contributed by atoms with van der Waals surface area (Å²) in [5, 5.41) is 0. The fourth-order valence-electron chi connectivity index (χ4n) is 3.80. The van der Waals surface area contributed by atoms with Gasteiger partial charge in [0.2, 0.25) is 0 Å². The van der Waals surface area contributed by atoms with Crippen molar-refractivity contribution in [2.45, 2.75) is 25.8 Å². The topological polar surface area (TPSA) is 42.4 Å². The zero-order valence-electron chi connectivity index (χ0n) is 11.3. The van der Waals surface area contributed by atoms with Crippen molar-refractivity contribution in [2.75, 3.05) is 20.2 Å². The molecule has 1 aromatic rings. The smallest absolute Gasteiger partial charge is 0.313 e. The van der Waals surface area contributed by atoms with E-state index in [1.807, 2.05) is 24.5 Å². The third kappa shape index (κ3) is 2.14. The Hall–Kier alpha value is -1.42. The van der Waals surface area contributed by atoms with E-state index in [1.165, 1.54) is 12.7 Å². The van der Waals surface area contributed by atoms with Gasteiger partial charge in [0, 0.05) is 32.0 Å². The number of rotatable bonds is 3. The summed E-state index contributed by atoms with van der Waals surface area (Å²) in [6, 6.07) is 4.08. The molecule has 4 heteroatoms. The van der Waals surface area contributed by atoms with Crippen molar-refractivity contribution in [2.24, 2.45) is 11.3 Å². The molecule has 0 amide bonds. The second-order valence-corrected chi connectivity index (χ2v) is 5.76. The summed E-state index contributed by atoms with van der Waals surface area (Å²) in [4.78, 5) is 18.6. The molecule has 1 saturated heterocycles. The molecule has 2 heterocycles. The van der Waals surface area contributed by atoms with E-state index in [9.17, 15) is 4.79 Å². The minimum atomic E-state index is -0.234. The fraction of sp³-hybridized carbons (Fsp3) is 0.600. The highest BCUT2D eigenvalue weighted by Gasteiger charge is 2.55. The molecule has 2 atom stereocenters. The highest BCUT2D eigenvalue weighted by molar-refractivity contribution is 5.78. The first-order valence-electron chi connectivity index (χ1n) is 6.94. The fourth-order valence-corrected chi connectivity index (χ4v) is 3.80. The van der Waals surface area contributed by atoms with Crippen LogP contribution in [0.3, 0.4) is 0 Å². The zero-order valence-corrected chi connectivity index (χ0v) is 11.3. The van der Waals surface area contributed by atoms with E-state index in [0.29, 0.717) is 5.92 Å². The Labute approximate surface area is 113 Å². The van der Waals surface area contributed by atoms with E-state index in [4.69, 9.17) is 4.74 Å². The van der Waals surface area contributed by atoms with Gasteiger partial charge in [0.25, 0.3) is 0 Å². The SMILES string of the molecule is COC(=O)[C@@]12CCC[C@@H]1CN(Cc1ccncc1)C2. The minimum absolute atomic E-state index is 0.00720. The Morgan fingerprint density at radius 1 is 1.53 bits per heavy atom. The van der Waals surface area contributed by atoms with Gasteiger partial charge in [-0.3, -0.25) is 14.7 Å². The third-order valence-corrected chi connectivity index (χ3v) is 4.69. The molecule has 0 N–H and O–H groups in total. The van der Waals surface area contributed by atoms with Gasteiger partial charge in [-0.05, 0) is 36.5 Å². The van der Waals surface area contributed by atoms with Gasteiger partial charge in [0.15, 0.2) is 0 Å². The van der Waals surface area contributed by atoms with Gasteiger partial charge in [-0.2, -0.15) is 0 Å². The van der Waals surface area contributed by atoms with E-state index in [-0.39, 0.29) is 11.4 Å². The summed E-state index contributed by atoms with van der Waals surface area (Å²) in [5.41, 5.74) is 1.02. The number of pyridine rings is 1. The van der Waals surface area contributed by atoms with Crippen molar-refractivity contribution >= 4 is 5.97 Å². The van der Waals surface area contributed by atoms with Crippen molar-refractivity contribution in [1.29, 1.82) is 0 Å². The van der Waals surface area contributed by atoms with Crippen molar-refractivity contribution in [1.82, 2.24) is 9.88 Å². The van der Waals surface area contributed by atoms with Gasteiger partial charge in [-0.15, -0.1) is 0 Å². The molecule has 0 spiro atoms. The lowest BCUT2D eigenvalue weighted by molar-refractivity contribution is -0.153. The number of ether oxygens (including phenoxy) is 1. The number of esters is 1. The number of methoxy groups -OCH3 is 1. The van der Waals surface area contributed by atoms with Crippen LogP contribution >= 0.6 is 0 Å². The normalized spacial score (nSPS) is 30.3. The Balaban J connectivity index is 1.73. The van der Waals surface area contributed by atoms with Crippen LogP contribution in [0, 0.1) is 11.3 Å². The maximum atomic E-state index is 12.2. The Kier molecular flexibility index (Phi) is 3.27. The van der Waals surface area contributed by atoms with E-state index in [1.54, 1.807) is 0 Å². The summed E-state index contributed by atoms with van der Waals surface area (Å²) in [6.45, 7) is 2.75. The van der Waals surface area contributed by atoms with Gasteiger partial charge in [-0.1, -0.05) is 6.42 Å². The molecule has 1 aliphatic heterocycles. The van der Waals surface area contributed by atoms with Crippen LogP contribution in [0.25, 0.3) is 0 Å². The molecule has 1 saturated carbocycles. The highest BCUT2D eigenvalue weighted by atomic mass is 16.5. The van der Waals surface area contributed by atoms with E-state index in [2.05, 4.69) is 9.88 Å². The van der Waals surface area contributed by atoms with E-state index >= 15 is 0 Å². The predicted molar refractivity (Wildman–Crippen MR) is 71.3 cm³/mol.